The fraction of sp³-hybridized carbons (Fsp3) is 0.667. The number of benzene rings is 1. The molecule has 0 aromatic heterocycles. The normalized spacial score (nSPS) is 21.8. The molecule has 2 unspecified atom stereocenters. The summed E-state index contributed by atoms with van der Waals surface area (Å²) >= 11 is 6.20. The predicted molar refractivity (Wildman–Crippen MR) is 118 cm³/mol. The number of likely N-dealkylation sites (tertiary alicyclic amines) is 1. The van der Waals surface area contributed by atoms with Gasteiger partial charge in [0.05, 0.1) is 12.8 Å². The second-order valence-electron chi connectivity index (χ2n) is 7.96. The second-order valence-corrected chi connectivity index (χ2v) is 8.39. The van der Waals surface area contributed by atoms with Gasteiger partial charge in [0.1, 0.15) is 5.75 Å². The van der Waals surface area contributed by atoms with Gasteiger partial charge in [0, 0.05) is 44.3 Å². The number of aliphatic imine (C=N–C) groups is 1. The molecule has 6 nitrogen and oxygen atoms in total. The molecule has 2 aliphatic heterocycles. The van der Waals surface area contributed by atoms with E-state index in [1.165, 1.54) is 25.9 Å². The van der Waals surface area contributed by atoms with Gasteiger partial charge in [-0.1, -0.05) is 18.5 Å². The summed E-state index contributed by atoms with van der Waals surface area (Å²) in [5.74, 6) is 2.36. The molecule has 2 saturated heterocycles. The molecule has 2 fully saturated rings. The summed E-state index contributed by atoms with van der Waals surface area (Å²) in [6, 6.07) is 6.13. The summed E-state index contributed by atoms with van der Waals surface area (Å²) < 4.78 is 5.51. The highest BCUT2D eigenvalue weighted by molar-refractivity contribution is 6.30. The fourth-order valence-corrected chi connectivity index (χ4v) is 4.30. The van der Waals surface area contributed by atoms with Crippen LogP contribution in [0.5, 0.6) is 5.75 Å². The third-order valence-corrected chi connectivity index (χ3v) is 5.86. The average Bonchev–Trinajstić information content (AvgIpc) is 3.37. The van der Waals surface area contributed by atoms with Crippen molar-refractivity contribution in [3.8, 4) is 5.75 Å². The Morgan fingerprint density at radius 2 is 2.11 bits per heavy atom. The van der Waals surface area contributed by atoms with Crippen LogP contribution in [0.4, 0.5) is 5.69 Å². The van der Waals surface area contributed by atoms with Gasteiger partial charge >= 0.3 is 0 Å². The lowest BCUT2D eigenvalue weighted by Crippen LogP contribution is -2.46. The van der Waals surface area contributed by atoms with Crippen LogP contribution in [0, 0.1) is 5.92 Å². The van der Waals surface area contributed by atoms with Crippen molar-refractivity contribution in [2.45, 2.75) is 32.2 Å². The molecule has 0 amide bonds. The zero-order valence-electron chi connectivity index (χ0n) is 17.4. The SMILES string of the molecule is CN=C(NCC(C)CN1CCCC1)NC1CCN(c2cc(Cl)ccc2OC)C1. The minimum Gasteiger partial charge on any atom is -0.495 e. The molecule has 28 heavy (non-hydrogen) atoms. The van der Waals surface area contributed by atoms with Gasteiger partial charge in [0.2, 0.25) is 0 Å². The third-order valence-electron chi connectivity index (χ3n) is 5.62. The number of ether oxygens (including phenoxy) is 1. The zero-order chi connectivity index (χ0) is 19.9. The highest BCUT2D eigenvalue weighted by Crippen LogP contribution is 2.33. The number of halogens is 1. The van der Waals surface area contributed by atoms with Gasteiger partial charge in [-0.3, -0.25) is 4.99 Å². The van der Waals surface area contributed by atoms with Crippen molar-refractivity contribution in [1.29, 1.82) is 0 Å². The number of guanidine groups is 1. The molecule has 1 aromatic carbocycles. The Bertz CT molecular complexity index is 662. The van der Waals surface area contributed by atoms with Crippen LogP contribution in [0.1, 0.15) is 26.2 Å². The van der Waals surface area contributed by atoms with Gasteiger partial charge in [0.25, 0.3) is 0 Å². The van der Waals surface area contributed by atoms with Crippen molar-refractivity contribution in [2.24, 2.45) is 10.9 Å². The molecule has 2 aliphatic rings. The molecule has 0 saturated carbocycles. The lowest BCUT2D eigenvalue weighted by molar-refractivity contribution is 0.287. The number of hydrogen-bond donors (Lipinski definition) is 2. The Kier molecular flexibility index (Phi) is 7.68. The molecule has 0 aliphatic carbocycles. The molecule has 7 heteroatoms. The van der Waals surface area contributed by atoms with Crippen LogP contribution in [-0.4, -0.2) is 70.3 Å². The van der Waals surface area contributed by atoms with E-state index in [-0.39, 0.29) is 0 Å². The van der Waals surface area contributed by atoms with E-state index in [0.717, 1.165) is 55.0 Å². The van der Waals surface area contributed by atoms with Gasteiger partial charge in [-0.05, 0) is 56.5 Å². The first-order valence-corrected chi connectivity index (χ1v) is 10.7. The van der Waals surface area contributed by atoms with Crippen LogP contribution in [-0.2, 0) is 0 Å². The molecule has 156 valence electrons. The second kappa shape index (κ2) is 10.2. The van der Waals surface area contributed by atoms with E-state index in [1.807, 2.05) is 25.2 Å². The van der Waals surface area contributed by atoms with Crippen LogP contribution >= 0.6 is 11.6 Å². The quantitative estimate of drug-likeness (QED) is 0.537. The third kappa shape index (κ3) is 5.67. The van der Waals surface area contributed by atoms with E-state index in [0.29, 0.717) is 12.0 Å². The molecular weight excluding hydrogens is 374 g/mol. The highest BCUT2D eigenvalue weighted by Gasteiger charge is 2.25. The van der Waals surface area contributed by atoms with Gasteiger partial charge in [0.15, 0.2) is 5.96 Å². The molecule has 1 aromatic rings. The highest BCUT2D eigenvalue weighted by atomic mass is 35.5. The maximum Gasteiger partial charge on any atom is 0.191 e. The van der Waals surface area contributed by atoms with Gasteiger partial charge in [-0.25, -0.2) is 0 Å². The van der Waals surface area contributed by atoms with Crippen molar-refractivity contribution in [1.82, 2.24) is 15.5 Å². The van der Waals surface area contributed by atoms with Crippen molar-refractivity contribution < 1.29 is 4.74 Å². The number of anilines is 1. The van der Waals surface area contributed by atoms with E-state index in [2.05, 4.69) is 32.3 Å². The molecule has 2 atom stereocenters. The largest absolute Gasteiger partial charge is 0.495 e. The minimum atomic E-state index is 0.351. The summed E-state index contributed by atoms with van der Waals surface area (Å²) in [5, 5.41) is 7.81. The Balaban J connectivity index is 1.47. The Hall–Kier alpha value is -1.66. The van der Waals surface area contributed by atoms with Crippen molar-refractivity contribution >= 4 is 23.2 Å². The maximum atomic E-state index is 6.20. The van der Waals surface area contributed by atoms with Crippen LogP contribution in [0.15, 0.2) is 23.2 Å². The van der Waals surface area contributed by atoms with E-state index >= 15 is 0 Å². The first kappa shape index (κ1) is 21.1. The summed E-state index contributed by atoms with van der Waals surface area (Å²) in [4.78, 5) is 9.31. The summed E-state index contributed by atoms with van der Waals surface area (Å²) in [6.45, 7) is 8.79. The molecule has 0 bridgehead atoms. The Labute approximate surface area is 174 Å². The van der Waals surface area contributed by atoms with E-state index < -0.39 is 0 Å². The van der Waals surface area contributed by atoms with E-state index in [9.17, 15) is 0 Å². The number of methoxy groups -OCH3 is 1. The first-order valence-electron chi connectivity index (χ1n) is 10.4. The maximum absolute atomic E-state index is 6.20. The summed E-state index contributed by atoms with van der Waals surface area (Å²) in [5.41, 5.74) is 1.06. The fourth-order valence-electron chi connectivity index (χ4n) is 4.14. The van der Waals surface area contributed by atoms with Crippen LogP contribution < -0.4 is 20.3 Å². The number of nitrogens with zero attached hydrogens (tertiary/aromatic N) is 3. The van der Waals surface area contributed by atoms with Gasteiger partial charge in [-0.15, -0.1) is 0 Å². The van der Waals surface area contributed by atoms with E-state index in [4.69, 9.17) is 16.3 Å². The smallest absolute Gasteiger partial charge is 0.191 e. The van der Waals surface area contributed by atoms with Gasteiger partial charge in [-0.2, -0.15) is 0 Å². The molecule has 0 spiro atoms. The average molecular weight is 408 g/mol. The molecule has 2 N–H and O–H groups in total. The Morgan fingerprint density at radius 1 is 1.32 bits per heavy atom. The standard InChI is InChI=1S/C21H34ClN5O/c1-16(14-26-9-4-5-10-26)13-24-21(23-2)25-18-8-11-27(15-18)19-12-17(22)6-7-20(19)28-3/h6-7,12,16,18H,4-5,8-11,13-15H2,1-3H3,(H2,23,24,25). The number of rotatable bonds is 7. The predicted octanol–water partition coefficient (Wildman–Crippen LogP) is 2.82. The zero-order valence-corrected chi connectivity index (χ0v) is 18.1. The molecule has 2 heterocycles. The number of nitrogens with one attached hydrogen (secondary N) is 2. The van der Waals surface area contributed by atoms with Crippen LogP contribution in [0.2, 0.25) is 5.02 Å². The molecular formula is C21H34ClN5O. The topological polar surface area (TPSA) is 52.1 Å². The molecule has 0 radical (unpaired) electrons. The lowest BCUT2D eigenvalue weighted by atomic mass is 10.1. The summed E-state index contributed by atoms with van der Waals surface area (Å²) in [7, 11) is 3.54. The first-order chi connectivity index (χ1) is 13.6. The van der Waals surface area contributed by atoms with Gasteiger partial charge < -0.3 is 25.2 Å². The van der Waals surface area contributed by atoms with Crippen LogP contribution in [0.25, 0.3) is 0 Å². The van der Waals surface area contributed by atoms with Crippen molar-refractivity contribution in [2.75, 3.05) is 58.3 Å². The summed E-state index contributed by atoms with van der Waals surface area (Å²) in [6.07, 6.45) is 3.75. The van der Waals surface area contributed by atoms with Crippen molar-refractivity contribution in [3.63, 3.8) is 0 Å². The monoisotopic (exact) mass is 407 g/mol. The van der Waals surface area contributed by atoms with E-state index in [1.54, 1.807) is 7.11 Å². The van der Waals surface area contributed by atoms with Crippen molar-refractivity contribution in [3.05, 3.63) is 23.2 Å². The lowest BCUT2D eigenvalue weighted by Gasteiger charge is -2.24. The molecule has 3 rings (SSSR count). The Morgan fingerprint density at radius 3 is 2.82 bits per heavy atom. The van der Waals surface area contributed by atoms with Crippen LogP contribution in [0.3, 0.4) is 0 Å². The number of hydrogen-bond acceptors (Lipinski definition) is 4. The minimum absolute atomic E-state index is 0.351.